The Morgan fingerprint density at radius 3 is 2.53 bits per heavy atom. The first-order valence-electron chi connectivity index (χ1n) is 11.2. The third kappa shape index (κ3) is 6.21. The van der Waals surface area contributed by atoms with Crippen molar-refractivity contribution < 1.29 is 32.2 Å². The standard InChI is InChI=1S/C24H24F3N7O4/c1-13(35)30-17-10-14(24(25,26)27)4-6-16(17)32-22-20-21(29-12-28-20)33-23(34-22)31-15-5-7-18(19(11-15)37-3)38-9-8-36-2/h4-7,10-12H,8-9H2,1-3H3,(H,30,35)(H3,28,29,31,32,33,34). The molecular formula is C24H24F3N7O4. The lowest BCUT2D eigenvalue weighted by molar-refractivity contribution is -0.137. The third-order valence-corrected chi connectivity index (χ3v) is 5.16. The number of nitrogens with one attached hydrogen (secondary N) is 4. The number of rotatable bonds is 10. The van der Waals surface area contributed by atoms with Gasteiger partial charge in [-0.25, -0.2) is 4.98 Å². The number of imidazole rings is 1. The topological polar surface area (TPSA) is 135 Å². The van der Waals surface area contributed by atoms with Crippen LogP contribution in [-0.2, 0) is 15.7 Å². The Balaban J connectivity index is 1.65. The van der Waals surface area contributed by atoms with Gasteiger partial charge < -0.3 is 35.1 Å². The van der Waals surface area contributed by atoms with E-state index in [1.54, 1.807) is 25.3 Å². The second-order valence-corrected chi connectivity index (χ2v) is 7.89. The molecule has 0 fully saturated rings. The molecule has 0 saturated carbocycles. The number of aromatic amines is 1. The molecule has 0 bridgehead atoms. The fourth-order valence-electron chi connectivity index (χ4n) is 3.46. The van der Waals surface area contributed by atoms with E-state index in [9.17, 15) is 18.0 Å². The monoisotopic (exact) mass is 531 g/mol. The molecule has 1 amide bonds. The lowest BCUT2D eigenvalue weighted by Crippen LogP contribution is -2.12. The van der Waals surface area contributed by atoms with Crippen molar-refractivity contribution in [3.05, 3.63) is 48.3 Å². The number of hydrogen-bond acceptors (Lipinski definition) is 9. The van der Waals surface area contributed by atoms with Crippen molar-refractivity contribution in [2.75, 3.05) is 43.4 Å². The smallest absolute Gasteiger partial charge is 0.416 e. The average Bonchev–Trinajstić information content (AvgIpc) is 3.34. The Morgan fingerprint density at radius 1 is 1.00 bits per heavy atom. The van der Waals surface area contributed by atoms with E-state index in [0.29, 0.717) is 41.6 Å². The van der Waals surface area contributed by atoms with Crippen LogP contribution in [0.1, 0.15) is 12.5 Å². The molecule has 0 radical (unpaired) electrons. The zero-order chi connectivity index (χ0) is 27.3. The fourth-order valence-corrected chi connectivity index (χ4v) is 3.46. The maximum Gasteiger partial charge on any atom is 0.416 e. The number of benzene rings is 2. The molecule has 2 aromatic carbocycles. The van der Waals surface area contributed by atoms with Crippen LogP contribution in [0.3, 0.4) is 0 Å². The van der Waals surface area contributed by atoms with Crippen molar-refractivity contribution >= 4 is 45.9 Å². The molecule has 4 rings (SSSR count). The molecule has 0 aliphatic rings. The SMILES string of the molecule is COCCOc1ccc(Nc2nc(Nc3ccc(C(F)(F)F)cc3NC(C)=O)c3[nH]cnc3n2)cc1OC. The number of hydrogen-bond donors (Lipinski definition) is 4. The first kappa shape index (κ1) is 26.5. The molecule has 0 aliphatic carbocycles. The highest BCUT2D eigenvalue weighted by Gasteiger charge is 2.31. The van der Waals surface area contributed by atoms with Crippen molar-refractivity contribution in [3.63, 3.8) is 0 Å². The quantitative estimate of drug-likeness (QED) is 0.212. The van der Waals surface area contributed by atoms with Crippen LogP contribution in [0.15, 0.2) is 42.7 Å². The molecule has 0 spiro atoms. The lowest BCUT2D eigenvalue weighted by atomic mass is 10.1. The van der Waals surface area contributed by atoms with E-state index < -0.39 is 17.6 Å². The predicted molar refractivity (Wildman–Crippen MR) is 134 cm³/mol. The van der Waals surface area contributed by atoms with Gasteiger partial charge in [0.1, 0.15) is 12.1 Å². The van der Waals surface area contributed by atoms with Crippen LogP contribution in [0, 0.1) is 0 Å². The second kappa shape index (κ2) is 11.2. The van der Waals surface area contributed by atoms with Crippen LogP contribution in [0.25, 0.3) is 11.2 Å². The van der Waals surface area contributed by atoms with E-state index >= 15 is 0 Å². The van der Waals surface area contributed by atoms with Gasteiger partial charge in [0.05, 0.1) is 37.0 Å². The third-order valence-electron chi connectivity index (χ3n) is 5.16. The molecule has 14 heteroatoms. The number of aromatic nitrogens is 4. The van der Waals surface area contributed by atoms with Crippen molar-refractivity contribution in [1.29, 1.82) is 0 Å². The summed E-state index contributed by atoms with van der Waals surface area (Å²) in [7, 11) is 3.08. The zero-order valence-electron chi connectivity index (χ0n) is 20.6. The number of nitrogens with zero attached hydrogens (tertiary/aromatic N) is 3. The summed E-state index contributed by atoms with van der Waals surface area (Å²) in [6, 6.07) is 8.10. The summed E-state index contributed by atoms with van der Waals surface area (Å²) >= 11 is 0. The molecule has 2 aromatic heterocycles. The van der Waals surface area contributed by atoms with E-state index in [-0.39, 0.29) is 23.1 Å². The van der Waals surface area contributed by atoms with Crippen molar-refractivity contribution in [1.82, 2.24) is 19.9 Å². The number of methoxy groups -OCH3 is 2. The van der Waals surface area contributed by atoms with Gasteiger partial charge in [0.25, 0.3) is 0 Å². The minimum atomic E-state index is -4.58. The molecule has 2 heterocycles. The number of H-pyrrole nitrogens is 1. The van der Waals surface area contributed by atoms with Gasteiger partial charge in [0, 0.05) is 25.8 Å². The highest BCUT2D eigenvalue weighted by molar-refractivity contribution is 5.95. The first-order valence-corrected chi connectivity index (χ1v) is 11.2. The van der Waals surface area contributed by atoms with Gasteiger partial charge in [-0.3, -0.25) is 4.79 Å². The van der Waals surface area contributed by atoms with Gasteiger partial charge in [0.15, 0.2) is 23.0 Å². The summed E-state index contributed by atoms with van der Waals surface area (Å²) in [5.74, 6) is 0.819. The Kier molecular flexibility index (Phi) is 7.81. The number of halogens is 3. The van der Waals surface area contributed by atoms with Crippen molar-refractivity contribution in [2.24, 2.45) is 0 Å². The molecule has 0 aliphatic heterocycles. The van der Waals surface area contributed by atoms with Gasteiger partial charge in [-0.05, 0) is 30.3 Å². The molecule has 0 saturated heterocycles. The summed E-state index contributed by atoms with van der Waals surface area (Å²) < 4.78 is 55.8. The highest BCUT2D eigenvalue weighted by Crippen LogP contribution is 2.36. The van der Waals surface area contributed by atoms with Crippen LogP contribution < -0.4 is 25.4 Å². The van der Waals surface area contributed by atoms with Crippen LogP contribution in [0.5, 0.6) is 11.5 Å². The summed E-state index contributed by atoms with van der Waals surface area (Å²) in [5.41, 5.74) is 0.491. The van der Waals surface area contributed by atoms with Crippen LogP contribution in [0.2, 0.25) is 0 Å². The van der Waals surface area contributed by atoms with Crippen molar-refractivity contribution in [3.8, 4) is 11.5 Å². The van der Waals surface area contributed by atoms with Gasteiger partial charge in [0.2, 0.25) is 11.9 Å². The Hall–Kier alpha value is -4.59. The maximum absolute atomic E-state index is 13.2. The number of carbonyl (C=O) groups excluding carboxylic acids is 1. The molecule has 38 heavy (non-hydrogen) atoms. The normalized spacial score (nSPS) is 11.3. The van der Waals surface area contributed by atoms with Gasteiger partial charge >= 0.3 is 6.18 Å². The summed E-state index contributed by atoms with van der Waals surface area (Å²) in [6.45, 7) is 1.96. The predicted octanol–water partition coefficient (Wildman–Crippen LogP) is 4.85. The first-order chi connectivity index (χ1) is 18.2. The molecular weight excluding hydrogens is 507 g/mol. The summed E-state index contributed by atoms with van der Waals surface area (Å²) in [4.78, 5) is 27.6. The molecule has 200 valence electrons. The van der Waals surface area contributed by atoms with Crippen LogP contribution in [0.4, 0.5) is 42.0 Å². The second-order valence-electron chi connectivity index (χ2n) is 7.89. The largest absolute Gasteiger partial charge is 0.493 e. The number of fused-ring (bicyclic) bond motifs is 1. The highest BCUT2D eigenvalue weighted by atomic mass is 19.4. The molecule has 0 atom stereocenters. The van der Waals surface area contributed by atoms with Gasteiger partial charge in [-0.15, -0.1) is 0 Å². The van der Waals surface area contributed by atoms with E-state index in [1.807, 2.05) is 0 Å². The zero-order valence-corrected chi connectivity index (χ0v) is 20.6. The minimum Gasteiger partial charge on any atom is -0.493 e. The molecule has 4 N–H and O–H groups in total. The van der Waals surface area contributed by atoms with E-state index in [4.69, 9.17) is 14.2 Å². The van der Waals surface area contributed by atoms with Crippen LogP contribution in [-0.4, -0.2) is 53.3 Å². The van der Waals surface area contributed by atoms with Gasteiger partial charge in [-0.2, -0.15) is 23.1 Å². The van der Waals surface area contributed by atoms with E-state index in [2.05, 4.69) is 35.9 Å². The number of ether oxygens (including phenoxy) is 3. The summed E-state index contributed by atoms with van der Waals surface area (Å²) in [5, 5.41) is 8.45. The van der Waals surface area contributed by atoms with Crippen molar-refractivity contribution in [2.45, 2.75) is 13.1 Å². The van der Waals surface area contributed by atoms with E-state index in [0.717, 1.165) is 12.1 Å². The van der Waals surface area contributed by atoms with E-state index in [1.165, 1.54) is 26.4 Å². The number of anilines is 5. The fraction of sp³-hybridized carbons (Fsp3) is 0.250. The van der Waals surface area contributed by atoms with Crippen LogP contribution >= 0.6 is 0 Å². The Morgan fingerprint density at radius 2 is 1.82 bits per heavy atom. The van der Waals surface area contributed by atoms with Gasteiger partial charge in [-0.1, -0.05) is 0 Å². The molecule has 0 unspecified atom stereocenters. The Bertz CT molecular complexity index is 1440. The number of amides is 1. The number of carbonyl (C=O) groups is 1. The maximum atomic E-state index is 13.2. The molecule has 4 aromatic rings. The average molecular weight is 531 g/mol. The Labute approximate surface area is 214 Å². The minimum absolute atomic E-state index is 0.0677. The lowest BCUT2D eigenvalue weighted by Gasteiger charge is -2.16. The molecule has 11 nitrogen and oxygen atoms in total. The summed E-state index contributed by atoms with van der Waals surface area (Å²) in [6.07, 6.45) is -3.18. The number of alkyl halides is 3.